The summed E-state index contributed by atoms with van der Waals surface area (Å²) in [5, 5.41) is 0. The van der Waals surface area contributed by atoms with E-state index < -0.39 is 0 Å². The van der Waals surface area contributed by atoms with Gasteiger partial charge < -0.3 is 9.47 Å². The van der Waals surface area contributed by atoms with Crippen LogP contribution in [0, 0.1) is 0 Å². The van der Waals surface area contributed by atoms with Gasteiger partial charge in [0.15, 0.2) is 0 Å². The molecule has 0 saturated carbocycles. The summed E-state index contributed by atoms with van der Waals surface area (Å²) < 4.78 is 10.3. The van der Waals surface area contributed by atoms with Gasteiger partial charge in [0, 0.05) is 6.08 Å². The third-order valence-corrected chi connectivity index (χ3v) is 2.15. The molecule has 0 aromatic heterocycles. The van der Waals surface area contributed by atoms with E-state index in [9.17, 15) is 4.79 Å². The molecular weight excluding hydrogens is 216 g/mol. The molecule has 92 valence electrons. The van der Waals surface area contributed by atoms with E-state index in [0.717, 1.165) is 5.56 Å². The van der Waals surface area contributed by atoms with Crippen LogP contribution < -0.4 is 0 Å². The zero-order chi connectivity index (χ0) is 12.5. The van der Waals surface area contributed by atoms with Crippen molar-refractivity contribution in [3.05, 3.63) is 48.0 Å². The maximum absolute atomic E-state index is 11.1. The summed E-state index contributed by atoms with van der Waals surface area (Å²) >= 11 is 0. The normalized spacial score (nSPS) is 12.6. The minimum absolute atomic E-state index is 0.111. The second-order valence-electron chi connectivity index (χ2n) is 3.61. The number of rotatable bonds is 6. The van der Waals surface area contributed by atoms with Crippen molar-refractivity contribution in [2.45, 2.75) is 26.6 Å². The summed E-state index contributed by atoms with van der Waals surface area (Å²) in [5.41, 5.74) is 1.11. The number of carbonyl (C=O) groups excluding carboxylic acids is 1. The van der Waals surface area contributed by atoms with E-state index in [2.05, 4.69) is 0 Å². The summed E-state index contributed by atoms with van der Waals surface area (Å²) in [6, 6.07) is 9.91. The average molecular weight is 234 g/mol. The van der Waals surface area contributed by atoms with Crippen LogP contribution in [0.15, 0.2) is 42.5 Å². The zero-order valence-corrected chi connectivity index (χ0v) is 10.3. The van der Waals surface area contributed by atoms with Crippen LogP contribution >= 0.6 is 0 Å². The third kappa shape index (κ3) is 5.88. The third-order valence-electron chi connectivity index (χ3n) is 2.15. The molecule has 1 aromatic carbocycles. The fraction of sp³-hybridized carbons (Fsp3) is 0.357. The number of hydrogen-bond donors (Lipinski definition) is 0. The lowest BCUT2D eigenvalue weighted by Gasteiger charge is -2.08. The van der Waals surface area contributed by atoms with Gasteiger partial charge in [-0.25, -0.2) is 4.79 Å². The largest absolute Gasteiger partial charge is 0.463 e. The Labute approximate surface area is 102 Å². The summed E-state index contributed by atoms with van der Waals surface area (Å²) in [7, 11) is 0. The zero-order valence-electron chi connectivity index (χ0n) is 10.3. The van der Waals surface area contributed by atoms with Crippen LogP contribution in [0.4, 0.5) is 0 Å². The number of ether oxygens (including phenoxy) is 2. The van der Waals surface area contributed by atoms with Crippen LogP contribution in [0.5, 0.6) is 0 Å². The van der Waals surface area contributed by atoms with Crippen LogP contribution in [-0.2, 0) is 20.9 Å². The van der Waals surface area contributed by atoms with Crippen molar-refractivity contribution in [3.63, 3.8) is 0 Å². The van der Waals surface area contributed by atoms with Gasteiger partial charge in [0.25, 0.3) is 0 Å². The Hall–Kier alpha value is -1.61. The molecule has 3 heteroatoms. The SMILES string of the molecule is CCOC(=O)/C=C/[C@H](C)OCc1ccccc1. The molecule has 0 saturated heterocycles. The fourth-order valence-electron chi connectivity index (χ4n) is 1.26. The first-order valence-corrected chi connectivity index (χ1v) is 5.73. The van der Waals surface area contributed by atoms with Crippen LogP contribution in [0.2, 0.25) is 0 Å². The predicted molar refractivity (Wildman–Crippen MR) is 66.5 cm³/mol. The van der Waals surface area contributed by atoms with E-state index in [0.29, 0.717) is 13.2 Å². The van der Waals surface area contributed by atoms with Gasteiger partial charge in [-0.2, -0.15) is 0 Å². The highest BCUT2D eigenvalue weighted by Crippen LogP contribution is 2.04. The molecule has 0 N–H and O–H groups in total. The van der Waals surface area contributed by atoms with Crippen molar-refractivity contribution < 1.29 is 14.3 Å². The topological polar surface area (TPSA) is 35.5 Å². The smallest absolute Gasteiger partial charge is 0.330 e. The highest BCUT2D eigenvalue weighted by atomic mass is 16.5. The van der Waals surface area contributed by atoms with Crippen molar-refractivity contribution in [2.24, 2.45) is 0 Å². The van der Waals surface area contributed by atoms with Crippen molar-refractivity contribution >= 4 is 5.97 Å². The molecule has 1 atom stereocenters. The quantitative estimate of drug-likeness (QED) is 0.561. The molecular formula is C14H18O3. The number of hydrogen-bond acceptors (Lipinski definition) is 3. The summed E-state index contributed by atoms with van der Waals surface area (Å²) in [4.78, 5) is 11.1. The van der Waals surface area contributed by atoms with Gasteiger partial charge in [0.05, 0.1) is 19.3 Å². The second kappa shape index (κ2) is 7.63. The van der Waals surface area contributed by atoms with Crippen molar-refractivity contribution in [3.8, 4) is 0 Å². The molecule has 0 aliphatic heterocycles. The molecule has 0 amide bonds. The minimum atomic E-state index is -0.331. The first kappa shape index (κ1) is 13.5. The van der Waals surface area contributed by atoms with E-state index >= 15 is 0 Å². The lowest BCUT2D eigenvalue weighted by Crippen LogP contribution is -2.06. The van der Waals surface area contributed by atoms with Crippen LogP contribution in [-0.4, -0.2) is 18.7 Å². The van der Waals surface area contributed by atoms with E-state index in [-0.39, 0.29) is 12.1 Å². The number of carbonyl (C=O) groups is 1. The fourth-order valence-corrected chi connectivity index (χ4v) is 1.26. The monoisotopic (exact) mass is 234 g/mol. The van der Waals surface area contributed by atoms with Crippen molar-refractivity contribution in [1.82, 2.24) is 0 Å². The molecule has 1 aromatic rings. The van der Waals surface area contributed by atoms with E-state index in [1.54, 1.807) is 13.0 Å². The lowest BCUT2D eigenvalue weighted by atomic mass is 10.2. The standard InChI is InChI=1S/C14H18O3/c1-3-16-14(15)10-9-12(2)17-11-13-7-5-4-6-8-13/h4-10,12H,3,11H2,1-2H3/b10-9+/t12-/m0/s1. The molecule has 0 unspecified atom stereocenters. The molecule has 0 heterocycles. The molecule has 0 aliphatic rings. The molecule has 1 rings (SSSR count). The Balaban J connectivity index is 2.30. The Morgan fingerprint density at radius 1 is 1.35 bits per heavy atom. The van der Waals surface area contributed by atoms with Gasteiger partial charge in [-0.1, -0.05) is 30.3 Å². The Bertz CT molecular complexity index is 357. The molecule has 0 fully saturated rings. The lowest BCUT2D eigenvalue weighted by molar-refractivity contribution is -0.137. The second-order valence-corrected chi connectivity index (χ2v) is 3.61. The van der Waals surface area contributed by atoms with Gasteiger partial charge in [0.2, 0.25) is 0 Å². The molecule has 0 radical (unpaired) electrons. The van der Waals surface area contributed by atoms with E-state index in [1.807, 2.05) is 37.3 Å². The Kier molecular flexibility index (Phi) is 6.04. The van der Waals surface area contributed by atoms with Gasteiger partial charge >= 0.3 is 5.97 Å². The minimum Gasteiger partial charge on any atom is -0.463 e. The molecule has 17 heavy (non-hydrogen) atoms. The summed E-state index contributed by atoms with van der Waals surface area (Å²) in [6.45, 7) is 4.59. The van der Waals surface area contributed by atoms with Gasteiger partial charge in [-0.15, -0.1) is 0 Å². The Morgan fingerprint density at radius 3 is 2.71 bits per heavy atom. The van der Waals surface area contributed by atoms with E-state index in [1.165, 1.54) is 6.08 Å². The van der Waals surface area contributed by atoms with Crippen LogP contribution in [0.25, 0.3) is 0 Å². The van der Waals surface area contributed by atoms with Crippen molar-refractivity contribution in [1.29, 1.82) is 0 Å². The first-order chi connectivity index (χ1) is 8.22. The molecule has 0 bridgehead atoms. The molecule has 0 spiro atoms. The van der Waals surface area contributed by atoms with Gasteiger partial charge in [0.1, 0.15) is 0 Å². The highest BCUT2D eigenvalue weighted by molar-refractivity contribution is 5.81. The highest BCUT2D eigenvalue weighted by Gasteiger charge is 2.00. The predicted octanol–water partition coefficient (Wildman–Crippen LogP) is 2.71. The van der Waals surface area contributed by atoms with Crippen LogP contribution in [0.1, 0.15) is 19.4 Å². The maximum Gasteiger partial charge on any atom is 0.330 e. The van der Waals surface area contributed by atoms with Gasteiger partial charge in [-0.3, -0.25) is 0 Å². The average Bonchev–Trinajstić information content (AvgIpc) is 2.35. The van der Waals surface area contributed by atoms with Gasteiger partial charge in [-0.05, 0) is 25.5 Å². The summed E-state index contributed by atoms with van der Waals surface area (Å²) in [6.07, 6.45) is 2.99. The Morgan fingerprint density at radius 2 is 2.06 bits per heavy atom. The van der Waals surface area contributed by atoms with E-state index in [4.69, 9.17) is 9.47 Å². The first-order valence-electron chi connectivity index (χ1n) is 5.73. The number of esters is 1. The van der Waals surface area contributed by atoms with Crippen molar-refractivity contribution in [2.75, 3.05) is 6.61 Å². The molecule has 0 aliphatic carbocycles. The van der Waals surface area contributed by atoms with Crippen LogP contribution in [0.3, 0.4) is 0 Å². The summed E-state index contributed by atoms with van der Waals surface area (Å²) in [5.74, 6) is -0.331. The molecule has 3 nitrogen and oxygen atoms in total. The maximum atomic E-state index is 11.1. The number of benzene rings is 1.